The second-order valence-electron chi connectivity index (χ2n) is 9.01. The van der Waals surface area contributed by atoms with E-state index in [-0.39, 0.29) is 23.8 Å². The third-order valence-corrected chi connectivity index (χ3v) is 6.46. The van der Waals surface area contributed by atoms with E-state index in [1.807, 2.05) is 43.2 Å². The van der Waals surface area contributed by atoms with E-state index in [1.54, 1.807) is 0 Å². The minimum absolute atomic E-state index is 0.00870. The number of hydrogen-bond donors (Lipinski definition) is 1. The number of piperidine rings is 1. The Morgan fingerprint density at radius 3 is 2.47 bits per heavy atom. The topological polar surface area (TPSA) is 79.6 Å². The summed E-state index contributed by atoms with van der Waals surface area (Å²) in [7, 11) is 0. The van der Waals surface area contributed by atoms with E-state index in [1.165, 1.54) is 0 Å². The van der Waals surface area contributed by atoms with Gasteiger partial charge in [0.25, 0.3) is 0 Å². The third-order valence-electron chi connectivity index (χ3n) is 6.46. The molecule has 1 aliphatic rings. The molecule has 0 aliphatic carbocycles. The summed E-state index contributed by atoms with van der Waals surface area (Å²) in [5.74, 6) is 0.708. The van der Waals surface area contributed by atoms with Crippen molar-refractivity contribution in [1.82, 2.24) is 24.8 Å². The number of nitrogens with zero attached hydrogens (tertiary/aromatic N) is 4. The smallest absolute Gasteiger partial charge is 0.223 e. The zero-order valence-electron chi connectivity index (χ0n) is 19.2. The van der Waals surface area contributed by atoms with Crippen molar-refractivity contribution in [2.75, 3.05) is 13.1 Å². The fraction of sp³-hybridized carbons (Fsp3) is 0.652. The second kappa shape index (κ2) is 9.14. The number of aromatic nitrogens is 3. The molecular weight excluding hydrogens is 378 g/mol. The van der Waals surface area contributed by atoms with Crippen LogP contribution in [0.3, 0.4) is 0 Å². The molecule has 3 rings (SSSR count). The number of nitrogens with one attached hydrogen (secondary N) is 1. The van der Waals surface area contributed by atoms with Crippen LogP contribution in [0.5, 0.6) is 0 Å². The molecule has 30 heavy (non-hydrogen) atoms. The number of likely N-dealkylation sites (tertiary alicyclic amines) is 1. The molecule has 2 amide bonds. The lowest BCUT2D eigenvalue weighted by Gasteiger charge is -2.32. The first kappa shape index (κ1) is 22.2. The number of rotatable bonds is 6. The summed E-state index contributed by atoms with van der Waals surface area (Å²) in [4.78, 5) is 31.8. The van der Waals surface area contributed by atoms with Crippen LogP contribution in [-0.4, -0.2) is 50.4 Å². The van der Waals surface area contributed by atoms with Crippen LogP contribution in [0, 0.1) is 32.6 Å². The molecule has 1 unspecified atom stereocenters. The molecule has 2 aromatic heterocycles. The highest BCUT2D eigenvalue weighted by Crippen LogP contribution is 2.21. The first-order valence-electron chi connectivity index (χ1n) is 11.1. The van der Waals surface area contributed by atoms with Crippen LogP contribution in [0.1, 0.15) is 62.7 Å². The van der Waals surface area contributed by atoms with E-state index < -0.39 is 0 Å². The number of amides is 2. The predicted octanol–water partition coefficient (Wildman–Crippen LogP) is 2.99. The van der Waals surface area contributed by atoms with Crippen molar-refractivity contribution in [2.24, 2.45) is 11.8 Å². The molecule has 3 heterocycles. The van der Waals surface area contributed by atoms with Gasteiger partial charge in [0.15, 0.2) is 5.65 Å². The average Bonchev–Trinajstić information content (AvgIpc) is 3.07. The van der Waals surface area contributed by atoms with Crippen LogP contribution < -0.4 is 5.32 Å². The minimum atomic E-state index is 0.00870. The molecule has 1 saturated heterocycles. The van der Waals surface area contributed by atoms with Crippen LogP contribution in [-0.2, 0) is 16.0 Å². The highest BCUT2D eigenvalue weighted by atomic mass is 16.2. The van der Waals surface area contributed by atoms with E-state index in [0.29, 0.717) is 31.8 Å². The molecule has 7 nitrogen and oxygen atoms in total. The van der Waals surface area contributed by atoms with Gasteiger partial charge in [-0.25, -0.2) is 9.50 Å². The first-order chi connectivity index (χ1) is 14.2. The van der Waals surface area contributed by atoms with Crippen LogP contribution in [0.25, 0.3) is 5.65 Å². The van der Waals surface area contributed by atoms with Gasteiger partial charge in [0.05, 0.1) is 5.69 Å². The zero-order chi connectivity index (χ0) is 22.0. The maximum absolute atomic E-state index is 12.8. The summed E-state index contributed by atoms with van der Waals surface area (Å²) in [5.41, 5.74) is 4.89. The average molecular weight is 414 g/mol. The minimum Gasteiger partial charge on any atom is -0.353 e. The molecule has 0 saturated carbocycles. The van der Waals surface area contributed by atoms with Crippen LogP contribution in [0.4, 0.5) is 0 Å². The first-order valence-corrected chi connectivity index (χ1v) is 11.1. The number of aryl methyl sites for hydroxylation is 3. The van der Waals surface area contributed by atoms with Gasteiger partial charge in [-0.2, -0.15) is 5.10 Å². The molecule has 2 aromatic rings. The van der Waals surface area contributed by atoms with E-state index in [0.717, 1.165) is 41.1 Å². The summed E-state index contributed by atoms with van der Waals surface area (Å²) in [5, 5.41) is 7.62. The Balaban J connectivity index is 1.54. The number of fused-ring (bicyclic) bond motifs is 1. The fourth-order valence-corrected chi connectivity index (χ4v) is 4.09. The van der Waals surface area contributed by atoms with Crippen molar-refractivity contribution in [2.45, 2.75) is 73.3 Å². The van der Waals surface area contributed by atoms with Gasteiger partial charge < -0.3 is 10.2 Å². The van der Waals surface area contributed by atoms with Crippen molar-refractivity contribution in [1.29, 1.82) is 0 Å². The molecular formula is C23H35N5O2. The fourth-order valence-electron chi connectivity index (χ4n) is 4.09. The molecule has 0 spiro atoms. The van der Waals surface area contributed by atoms with E-state index in [2.05, 4.69) is 29.2 Å². The summed E-state index contributed by atoms with van der Waals surface area (Å²) in [6.07, 6.45) is 2.59. The van der Waals surface area contributed by atoms with Crippen molar-refractivity contribution in [3.63, 3.8) is 0 Å². The summed E-state index contributed by atoms with van der Waals surface area (Å²) >= 11 is 0. The van der Waals surface area contributed by atoms with Gasteiger partial charge in [-0.1, -0.05) is 13.8 Å². The number of carbonyl (C=O) groups is 2. The van der Waals surface area contributed by atoms with E-state index in [9.17, 15) is 9.59 Å². The van der Waals surface area contributed by atoms with Gasteiger partial charge in [-0.05, 0) is 58.4 Å². The Morgan fingerprint density at radius 1 is 1.17 bits per heavy atom. The molecule has 0 bridgehead atoms. The zero-order valence-corrected chi connectivity index (χ0v) is 19.2. The Hall–Kier alpha value is -2.44. The lowest BCUT2D eigenvalue weighted by atomic mass is 9.94. The van der Waals surface area contributed by atoms with Crippen LogP contribution in [0.15, 0.2) is 6.07 Å². The van der Waals surface area contributed by atoms with Gasteiger partial charge in [0.1, 0.15) is 0 Å². The molecule has 164 valence electrons. The molecule has 7 heteroatoms. The Bertz CT molecular complexity index is 925. The van der Waals surface area contributed by atoms with Crippen LogP contribution in [0.2, 0.25) is 0 Å². The lowest BCUT2D eigenvalue weighted by molar-refractivity contribution is -0.135. The van der Waals surface area contributed by atoms with Gasteiger partial charge >= 0.3 is 0 Å². The highest BCUT2D eigenvalue weighted by Gasteiger charge is 2.28. The number of carbonyl (C=O) groups excluding carboxylic acids is 2. The lowest BCUT2D eigenvalue weighted by Crippen LogP contribution is -2.45. The second-order valence-corrected chi connectivity index (χ2v) is 9.01. The normalized spacial score (nSPS) is 16.3. The van der Waals surface area contributed by atoms with Crippen molar-refractivity contribution < 1.29 is 9.59 Å². The molecule has 1 atom stereocenters. The van der Waals surface area contributed by atoms with Gasteiger partial charge in [-0.15, -0.1) is 0 Å². The molecule has 1 N–H and O–H groups in total. The molecule has 1 fully saturated rings. The summed E-state index contributed by atoms with van der Waals surface area (Å²) < 4.78 is 1.87. The largest absolute Gasteiger partial charge is 0.353 e. The van der Waals surface area contributed by atoms with Crippen molar-refractivity contribution in [3.05, 3.63) is 28.7 Å². The third kappa shape index (κ3) is 4.82. The molecule has 0 radical (unpaired) electrons. The Morgan fingerprint density at radius 2 is 1.83 bits per heavy atom. The monoisotopic (exact) mass is 413 g/mol. The van der Waals surface area contributed by atoms with Crippen LogP contribution >= 0.6 is 0 Å². The predicted molar refractivity (Wildman–Crippen MR) is 117 cm³/mol. The maximum Gasteiger partial charge on any atom is 0.223 e. The molecule has 0 aromatic carbocycles. The van der Waals surface area contributed by atoms with E-state index >= 15 is 0 Å². The van der Waals surface area contributed by atoms with Gasteiger partial charge in [-0.3, -0.25) is 9.59 Å². The summed E-state index contributed by atoms with van der Waals surface area (Å²) in [6.45, 7) is 13.6. The summed E-state index contributed by atoms with van der Waals surface area (Å²) in [6, 6.07) is 2.14. The quantitative estimate of drug-likeness (QED) is 0.790. The SMILES string of the molecule is Cc1cc2nc(C)c(CCC(=O)N3CCC(C(=O)NC(C)C(C)C)CC3)c(C)n2n1. The molecule has 1 aliphatic heterocycles. The Labute approximate surface area is 179 Å². The number of hydrogen-bond acceptors (Lipinski definition) is 4. The highest BCUT2D eigenvalue weighted by molar-refractivity contribution is 5.80. The van der Waals surface area contributed by atoms with Gasteiger partial charge in [0, 0.05) is 48.9 Å². The standard InChI is InChI=1S/C23H35N5O2/c1-14(2)16(4)25-23(30)19-9-11-27(12-10-19)22(29)8-7-20-17(5)24-21-13-15(3)26-28(21)18(20)6/h13-14,16,19H,7-12H2,1-6H3,(H,25,30). The van der Waals surface area contributed by atoms with E-state index in [4.69, 9.17) is 0 Å². The van der Waals surface area contributed by atoms with Gasteiger partial charge in [0.2, 0.25) is 11.8 Å². The Kier molecular flexibility index (Phi) is 6.78. The van der Waals surface area contributed by atoms with Crippen molar-refractivity contribution in [3.8, 4) is 0 Å². The maximum atomic E-state index is 12.8. The van der Waals surface area contributed by atoms with Crippen molar-refractivity contribution >= 4 is 17.5 Å².